The van der Waals surface area contributed by atoms with Crippen LogP contribution in [0.1, 0.15) is 62.5 Å². The Bertz CT molecular complexity index is 1260. The van der Waals surface area contributed by atoms with Gasteiger partial charge in [-0.3, -0.25) is 0 Å². The van der Waals surface area contributed by atoms with Crippen molar-refractivity contribution in [2.75, 3.05) is 26.4 Å². The molecular formula is C37H42O4. The first-order chi connectivity index (χ1) is 20.2. The summed E-state index contributed by atoms with van der Waals surface area (Å²) in [7, 11) is 0. The van der Waals surface area contributed by atoms with Crippen molar-refractivity contribution in [2.45, 2.75) is 56.8 Å². The van der Waals surface area contributed by atoms with Crippen LogP contribution < -0.4 is 9.47 Å². The average molecular weight is 551 g/mol. The van der Waals surface area contributed by atoms with Crippen molar-refractivity contribution >= 4 is 0 Å². The average Bonchev–Trinajstić information content (AvgIpc) is 3.16. The maximum Gasteiger partial charge on any atom is 0.127 e. The molecule has 0 heterocycles. The maximum absolute atomic E-state index is 9.47. The molecule has 214 valence electrons. The Morgan fingerprint density at radius 2 is 0.927 bits per heavy atom. The van der Waals surface area contributed by atoms with E-state index in [-0.39, 0.29) is 31.8 Å². The molecule has 0 aliphatic heterocycles. The molecule has 2 N–H and O–H groups in total. The zero-order valence-electron chi connectivity index (χ0n) is 23.9. The summed E-state index contributed by atoms with van der Waals surface area (Å²) in [5.74, 6) is 1.59. The lowest BCUT2D eigenvalue weighted by atomic mass is 9.67. The van der Waals surface area contributed by atoms with Crippen molar-refractivity contribution in [1.82, 2.24) is 0 Å². The monoisotopic (exact) mass is 550 g/mol. The van der Waals surface area contributed by atoms with Gasteiger partial charge in [0.2, 0.25) is 0 Å². The zero-order chi connectivity index (χ0) is 28.3. The van der Waals surface area contributed by atoms with E-state index in [9.17, 15) is 10.2 Å². The number of rotatable bonds is 10. The highest BCUT2D eigenvalue weighted by atomic mass is 16.5. The predicted octanol–water partition coefficient (Wildman–Crippen LogP) is 8.18. The molecule has 0 unspecified atom stereocenters. The second-order valence-corrected chi connectivity index (χ2v) is 11.0. The van der Waals surface area contributed by atoms with E-state index in [0.717, 1.165) is 46.6 Å². The minimum atomic E-state index is -0.164. The molecule has 1 saturated carbocycles. The minimum absolute atomic E-state index is 0.0210. The van der Waals surface area contributed by atoms with E-state index >= 15 is 0 Å². The molecule has 1 fully saturated rings. The third-order valence-corrected chi connectivity index (χ3v) is 8.39. The van der Waals surface area contributed by atoms with E-state index < -0.39 is 0 Å². The molecule has 4 aromatic rings. The lowest BCUT2D eigenvalue weighted by Gasteiger charge is -2.37. The first-order valence-electron chi connectivity index (χ1n) is 15.1. The summed E-state index contributed by atoms with van der Waals surface area (Å²) in [6.45, 7) is 0.486. The van der Waals surface area contributed by atoms with Crippen molar-refractivity contribution < 1.29 is 19.7 Å². The highest BCUT2D eigenvalue weighted by Gasteiger charge is 2.35. The molecule has 0 radical (unpaired) electrons. The standard InChI is InChI=1S/C37H42O4/c38-23-25-40-35-19-17-31(27-33(35)29-13-7-5-8-14-29)37(21-11-3-1-2-4-12-22-37)32-18-20-36(41-26-24-39)34(28-32)30-15-9-6-10-16-30/h5-10,13-20,27-28,38-39H,1-4,11-12,21-26H2. The van der Waals surface area contributed by atoms with Crippen molar-refractivity contribution in [3.8, 4) is 33.8 Å². The highest BCUT2D eigenvalue weighted by Crippen LogP contribution is 2.47. The van der Waals surface area contributed by atoms with Crippen LogP contribution in [0.25, 0.3) is 22.3 Å². The SMILES string of the molecule is OCCOc1ccc(C2(c3ccc(OCCO)c(-c4ccccc4)c3)CCCCCCCC2)cc1-c1ccccc1. The summed E-state index contributed by atoms with van der Waals surface area (Å²) in [4.78, 5) is 0. The van der Waals surface area contributed by atoms with Gasteiger partial charge in [0.05, 0.1) is 13.2 Å². The topological polar surface area (TPSA) is 58.9 Å². The second kappa shape index (κ2) is 14.3. The molecule has 4 aromatic carbocycles. The van der Waals surface area contributed by atoms with Crippen molar-refractivity contribution in [1.29, 1.82) is 0 Å². The van der Waals surface area contributed by atoms with Crippen molar-refractivity contribution in [2.24, 2.45) is 0 Å². The van der Waals surface area contributed by atoms with Crippen molar-refractivity contribution in [3.63, 3.8) is 0 Å². The van der Waals surface area contributed by atoms with E-state index in [0.29, 0.717) is 0 Å². The minimum Gasteiger partial charge on any atom is -0.491 e. The summed E-state index contributed by atoms with van der Waals surface area (Å²) in [6, 6.07) is 34.2. The van der Waals surface area contributed by atoms with Gasteiger partial charge in [-0.25, -0.2) is 0 Å². The number of aliphatic hydroxyl groups excluding tert-OH is 2. The molecule has 0 bridgehead atoms. The van der Waals surface area contributed by atoms with Gasteiger partial charge in [-0.15, -0.1) is 0 Å². The van der Waals surface area contributed by atoms with Crippen LogP contribution >= 0.6 is 0 Å². The van der Waals surface area contributed by atoms with Crippen LogP contribution in [0.15, 0.2) is 97.1 Å². The quantitative estimate of drug-likeness (QED) is 0.209. The van der Waals surface area contributed by atoms with E-state index in [1.807, 2.05) is 12.1 Å². The summed E-state index contributed by atoms with van der Waals surface area (Å²) in [6.07, 6.45) is 9.57. The smallest absolute Gasteiger partial charge is 0.127 e. The van der Waals surface area contributed by atoms with E-state index in [4.69, 9.17) is 9.47 Å². The largest absolute Gasteiger partial charge is 0.491 e. The molecule has 0 spiro atoms. The Labute approximate surface area is 244 Å². The van der Waals surface area contributed by atoms with Crippen LogP contribution in [0.4, 0.5) is 0 Å². The third kappa shape index (κ3) is 6.83. The first-order valence-corrected chi connectivity index (χ1v) is 15.1. The van der Waals surface area contributed by atoms with Gasteiger partial charge in [-0.1, -0.05) is 111 Å². The number of benzene rings is 4. The van der Waals surface area contributed by atoms with Crippen LogP contribution in [0.2, 0.25) is 0 Å². The molecule has 4 nitrogen and oxygen atoms in total. The van der Waals surface area contributed by atoms with Crippen LogP contribution in [0.3, 0.4) is 0 Å². The van der Waals surface area contributed by atoms with Gasteiger partial charge in [-0.05, 0) is 59.4 Å². The molecule has 0 atom stereocenters. The van der Waals surface area contributed by atoms with E-state index in [1.165, 1.54) is 49.7 Å². The van der Waals surface area contributed by atoms with Crippen LogP contribution in [-0.4, -0.2) is 36.6 Å². The molecule has 1 aliphatic rings. The molecule has 0 amide bonds. The van der Waals surface area contributed by atoms with Gasteiger partial charge in [0.25, 0.3) is 0 Å². The second-order valence-electron chi connectivity index (χ2n) is 11.0. The summed E-state index contributed by atoms with van der Waals surface area (Å²) < 4.78 is 12.1. The molecule has 0 saturated heterocycles. The van der Waals surface area contributed by atoms with Crippen LogP contribution in [-0.2, 0) is 5.41 Å². The lowest BCUT2D eigenvalue weighted by molar-refractivity contribution is 0.202. The summed E-state index contributed by atoms with van der Waals surface area (Å²) >= 11 is 0. The van der Waals surface area contributed by atoms with Gasteiger partial charge in [0.15, 0.2) is 0 Å². The van der Waals surface area contributed by atoms with Gasteiger partial charge in [0, 0.05) is 16.5 Å². The van der Waals surface area contributed by atoms with E-state index in [2.05, 4.69) is 84.9 Å². The fraction of sp³-hybridized carbons (Fsp3) is 0.351. The number of aliphatic hydroxyl groups is 2. The molecular weight excluding hydrogens is 508 g/mol. The molecule has 5 rings (SSSR count). The van der Waals surface area contributed by atoms with Gasteiger partial charge in [0.1, 0.15) is 24.7 Å². The Hall–Kier alpha value is -3.60. The molecule has 1 aliphatic carbocycles. The lowest BCUT2D eigenvalue weighted by Crippen LogP contribution is -2.28. The predicted molar refractivity (Wildman–Crippen MR) is 167 cm³/mol. The Balaban J connectivity index is 1.69. The number of hydrogen-bond acceptors (Lipinski definition) is 4. The van der Waals surface area contributed by atoms with E-state index in [1.54, 1.807) is 0 Å². The Kier molecular flexibility index (Phi) is 10.1. The van der Waals surface area contributed by atoms with Crippen LogP contribution in [0, 0.1) is 0 Å². The third-order valence-electron chi connectivity index (χ3n) is 8.39. The highest BCUT2D eigenvalue weighted by molar-refractivity contribution is 5.74. The molecule has 0 aromatic heterocycles. The fourth-order valence-electron chi connectivity index (χ4n) is 6.33. The molecule has 4 heteroatoms. The zero-order valence-corrected chi connectivity index (χ0v) is 23.9. The summed E-state index contributed by atoms with van der Waals surface area (Å²) in [5.41, 5.74) is 6.78. The Morgan fingerprint density at radius 1 is 0.512 bits per heavy atom. The molecule has 41 heavy (non-hydrogen) atoms. The first kappa shape index (κ1) is 28.9. The normalized spacial score (nSPS) is 15.4. The number of hydrogen-bond donors (Lipinski definition) is 2. The maximum atomic E-state index is 9.47. The van der Waals surface area contributed by atoms with Crippen molar-refractivity contribution in [3.05, 3.63) is 108 Å². The van der Waals surface area contributed by atoms with Gasteiger partial charge < -0.3 is 19.7 Å². The fourth-order valence-corrected chi connectivity index (χ4v) is 6.33. The van der Waals surface area contributed by atoms with Crippen LogP contribution in [0.5, 0.6) is 11.5 Å². The van der Waals surface area contributed by atoms with Gasteiger partial charge in [-0.2, -0.15) is 0 Å². The van der Waals surface area contributed by atoms with Gasteiger partial charge >= 0.3 is 0 Å². The Morgan fingerprint density at radius 3 is 1.34 bits per heavy atom. The summed E-state index contributed by atoms with van der Waals surface area (Å²) in [5, 5.41) is 18.9. The number of ether oxygens (including phenoxy) is 2.